The monoisotopic (exact) mass is 229 g/mol. The minimum Gasteiger partial charge on any atom is -0.449 e. The average Bonchev–Trinajstić information content (AvgIpc) is 2.28. The Morgan fingerprint density at radius 1 is 1.25 bits per heavy atom. The van der Waals surface area contributed by atoms with Crippen molar-refractivity contribution in [1.29, 1.82) is 0 Å². The van der Waals surface area contributed by atoms with Crippen molar-refractivity contribution in [3.05, 3.63) is 0 Å². The summed E-state index contributed by atoms with van der Waals surface area (Å²) in [5.74, 6) is 0.655. The fraction of sp³-hybridized carbons (Fsp3) is 0.500. The maximum atomic E-state index is 5.72. The first kappa shape index (κ1) is 12.3. The fourth-order valence-corrected chi connectivity index (χ4v) is 0.981. The third-order valence-corrected chi connectivity index (χ3v) is 1.64. The summed E-state index contributed by atoms with van der Waals surface area (Å²) in [5.41, 5.74) is 11.5. The molecule has 8 nitrogen and oxygen atoms in total. The molecule has 0 bridgehead atoms. The number of nitrogens with two attached hydrogens (primary N) is 2. The second kappa shape index (κ2) is 5.93. The smallest absolute Gasteiger partial charge is 0.246 e. The van der Waals surface area contributed by atoms with E-state index in [-0.39, 0.29) is 31.1 Å². The molecule has 0 atom stereocenters. The van der Waals surface area contributed by atoms with Crippen LogP contribution < -0.4 is 21.5 Å². The van der Waals surface area contributed by atoms with Crippen LogP contribution in [0.25, 0.3) is 0 Å². The quantitative estimate of drug-likeness (QED) is 0.447. The summed E-state index contributed by atoms with van der Waals surface area (Å²) in [4.78, 5) is 7.72. The van der Waals surface area contributed by atoms with Crippen LogP contribution in [0.2, 0.25) is 0 Å². The summed E-state index contributed by atoms with van der Waals surface area (Å²) in [6.07, 6.45) is 0. The van der Waals surface area contributed by atoms with Crippen LogP contribution in [0.1, 0.15) is 0 Å². The van der Waals surface area contributed by atoms with Gasteiger partial charge in [0.2, 0.25) is 11.8 Å². The van der Waals surface area contributed by atoms with E-state index >= 15 is 0 Å². The molecule has 0 spiro atoms. The summed E-state index contributed by atoms with van der Waals surface area (Å²) in [6.45, 7) is 0.0942. The van der Waals surface area contributed by atoms with E-state index in [2.05, 4.69) is 20.0 Å². The van der Waals surface area contributed by atoms with E-state index in [9.17, 15) is 0 Å². The zero-order valence-corrected chi connectivity index (χ0v) is 9.19. The third kappa shape index (κ3) is 3.11. The van der Waals surface area contributed by atoms with Crippen LogP contribution in [0.4, 0.5) is 17.5 Å². The Balaban J connectivity index is 2.67. The van der Waals surface area contributed by atoms with Gasteiger partial charge in [-0.15, -0.1) is 0 Å². The summed E-state index contributed by atoms with van der Waals surface area (Å²) in [7, 11) is 3.18. The average molecular weight is 229 g/mol. The van der Waals surface area contributed by atoms with Gasteiger partial charge in [-0.3, -0.25) is 0 Å². The van der Waals surface area contributed by atoms with E-state index in [1.54, 1.807) is 7.05 Å². The van der Waals surface area contributed by atoms with Gasteiger partial charge in [0.25, 0.3) is 0 Å². The molecule has 0 aromatic carbocycles. The summed E-state index contributed by atoms with van der Waals surface area (Å²) in [5, 5.41) is 2.78. The molecular weight excluding hydrogens is 214 g/mol. The molecule has 0 fully saturated rings. The Morgan fingerprint density at radius 3 is 2.62 bits per heavy atom. The number of hydrogen-bond acceptors (Lipinski definition) is 8. The summed E-state index contributed by atoms with van der Waals surface area (Å²) < 4.78 is 14.8. The summed E-state index contributed by atoms with van der Waals surface area (Å²) in [6, 6.07) is 0. The van der Waals surface area contributed by atoms with Gasteiger partial charge in [0, 0.05) is 14.2 Å². The highest BCUT2D eigenvalue weighted by Crippen LogP contribution is 2.26. The Morgan fingerprint density at radius 2 is 2.00 bits per heavy atom. The van der Waals surface area contributed by atoms with Crippen molar-refractivity contribution in [2.75, 3.05) is 44.5 Å². The highest BCUT2D eigenvalue weighted by molar-refractivity contribution is 5.68. The molecule has 8 heteroatoms. The fourth-order valence-electron chi connectivity index (χ4n) is 0.981. The van der Waals surface area contributed by atoms with E-state index < -0.39 is 0 Å². The lowest BCUT2D eigenvalue weighted by atomic mass is 10.4. The predicted octanol–water partition coefficient (Wildman–Crippen LogP) is -0.360. The Labute approximate surface area is 92.9 Å². The number of nitrogen functional groups attached to an aromatic ring is 2. The van der Waals surface area contributed by atoms with Gasteiger partial charge in [-0.05, 0) is 0 Å². The standard InChI is InChI=1S/C8H15N5O3/c1-11-6-5(9)7(13-8(10)12-6)16-4-15-3-14-2/h3-4,9H2,1-2H3,(H3,10,11,12,13). The number of rotatable bonds is 6. The molecule has 16 heavy (non-hydrogen) atoms. The van der Waals surface area contributed by atoms with Gasteiger partial charge in [0.15, 0.2) is 12.6 Å². The lowest BCUT2D eigenvalue weighted by Gasteiger charge is -2.11. The maximum Gasteiger partial charge on any atom is 0.246 e. The zero-order valence-electron chi connectivity index (χ0n) is 9.19. The number of nitrogens with one attached hydrogen (secondary N) is 1. The van der Waals surface area contributed by atoms with Gasteiger partial charge in [-0.2, -0.15) is 9.97 Å². The molecule has 0 unspecified atom stereocenters. The third-order valence-electron chi connectivity index (χ3n) is 1.64. The van der Waals surface area contributed by atoms with E-state index in [1.807, 2.05) is 0 Å². The second-order valence-electron chi connectivity index (χ2n) is 2.77. The SMILES string of the molecule is CNc1nc(N)nc(OCOCOC)c1N. The van der Waals surface area contributed by atoms with Gasteiger partial charge in [-0.1, -0.05) is 0 Å². The first-order valence-electron chi connectivity index (χ1n) is 4.49. The van der Waals surface area contributed by atoms with E-state index in [0.29, 0.717) is 5.82 Å². The highest BCUT2D eigenvalue weighted by Gasteiger charge is 2.10. The van der Waals surface area contributed by atoms with Crippen LogP contribution >= 0.6 is 0 Å². The van der Waals surface area contributed by atoms with Crippen LogP contribution in [0.3, 0.4) is 0 Å². The van der Waals surface area contributed by atoms with E-state index in [1.165, 1.54) is 7.11 Å². The van der Waals surface area contributed by atoms with Gasteiger partial charge in [0.05, 0.1) is 0 Å². The largest absolute Gasteiger partial charge is 0.449 e. The molecule has 1 aromatic rings. The van der Waals surface area contributed by atoms with Crippen molar-refractivity contribution >= 4 is 17.5 Å². The molecule has 0 aliphatic heterocycles. The number of ether oxygens (including phenoxy) is 3. The zero-order chi connectivity index (χ0) is 12.0. The van der Waals surface area contributed by atoms with E-state index in [4.69, 9.17) is 20.9 Å². The van der Waals surface area contributed by atoms with Crippen molar-refractivity contribution in [3.63, 3.8) is 0 Å². The number of anilines is 3. The molecule has 90 valence electrons. The van der Waals surface area contributed by atoms with Crippen LogP contribution in [0.15, 0.2) is 0 Å². The Bertz CT molecular complexity index is 347. The number of aromatic nitrogens is 2. The van der Waals surface area contributed by atoms with E-state index in [0.717, 1.165) is 0 Å². The van der Waals surface area contributed by atoms with Gasteiger partial charge < -0.3 is 31.0 Å². The number of hydrogen-bond donors (Lipinski definition) is 3. The predicted molar refractivity (Wildman–Crippen MR) is 58.9 cm³/mol. The Hall–Kier alpha value is -1.80. The summed E-state index contributed by atoms with van der Waals surface area (Å²) >= 11 is 0. The van der Waals surface area contributed by atoms with Crippen LogP contribution in [-0.4, -0.2) is 37.7 Å². The van der Waals surface area contributed by atoms with Gasteiger partial charge >= 0.3 is 0 Å². The molecule has 1 rings (SSSR count). The molecule has 1 heterocycles. The molecule has 0 amide bonds. The minimum atomic E-state index is -0.0301. The highest BCUT2D eigenvalue weighted by atomic mass is 16.7. The maximum absolute atomic E-state index is 5.72. The normalized spacial score (nSPS) is 10.1. The number of nitrogens with zero attached hydrogens (tertiary/aromatic N) is 2. The van der Waals surface area contributed by atoms with Crippen molar-refractivity contribution in [1.82, 2.24) is 9.97 Å². The first-order chi connectivity index (χ1) is 7.69. The topological polar surface area (TPSA) is 118 Å². The molecular formula is C8H15N5O3. The van der Waals surface area contributed by atoms with Crippen LogP contribution in [0, 0.1) is 0 Å². The first-order valence-corrected chi connectivity index (χ1v) is 4.49. The van der Waals surface area contributed by atoms with Crippen molar-refractivity contribution < 1.29 is 14.2 Å². The van der Waals surface area contributed by atoms with Crippen LogP contribution in [0.5, 0.6) is 5.88 Å². The van der Waals surface area contributed by atoms with Gasteiger partial charge in [0.1, 0.15) is 12.5 Å². The molecule has 0 aliphatic carbocycles. The molecule has 0 aliphatic rings. The van der Waals surface area contributed by atoms with Crippen molar-refractivity contribution in [3.8, 4) is 5.88 Å². The molecule has 0 radical (unpaired) electrons. The van der Waals surface area contributed by atoms with Crippen molar-refractivity contribution in [2.45, 2.75) is 0 Å². The second-order valence-corrected chi connectivity index (χ2v) is 2.77. The van der Waals surface area contributed by atoms with Gasteiger partial charge in [-0.25, -0.2) is 0 Å². The van der Waals surface area contributed by atoms with Crippen LogP contribution in [-0.2, 0) is 9.47 Å². The molecule has 1 aromatic heterocycles. The lowest BCUT2D eigenvalue weighted by Crippen LogP contribution is -2.11. The molecule has 5 N–H and O–H groups in total. The van der Waals surface area contributed by atoms with Crippen molar-refractivity contribution in [2.24, 2.45) is 0 Å². The molecule has 0 saturated carbocycles. The Kier molecular flexibility index (Phi) is 4.55. The lowest BCUT2D eigenvalue weighted by molar-refractivity contribution is -0.0844. The molecule has 0 saturated heterocycles. The number of methoxy groups -OCH3 is 1. The minimum absolute atomic E-state index is 0.0301.